The fraction of sp³-hybridized carbons (Fsp3) is 0.650. The molecule has 2 fully saturated rings. The van der Waals surface area contributed by atoms with Crippen LogP contribution >= 0.6 is 0 Å². The van der Waals surface area contributed by atoms with E-state index in [1.807, 2.05) is 7.05 Å². The Kier molecular flexibility index (Phi) is 5.97. The molecule has 1 aromatic carbocycles. The van der Waals surface area contributed by atoms with E-state index in [-0.39, 0.29) is 11.0 Å². The Morgan fingerprint density at radius 1 is 1.04 bits per heavy atom. The lowest BCUT2D eigenvalue weighted by atomic mass is 9.74. The number of aliphatic imine (C=N–C) groups is 1. The maximum atomic E-state index is 5.86. The molecular weight excluding hydrogens is 314 g/mol. The second kappa shape index (κ2) is 8.19. The summed E-state index contributed by atoms with van der Waals surface area (Å²) in [7, 11) is 1.83. The molecule has 0 aliphatic carbocycles. The van der Waals surface area contributed by atoms with Gasteiger partial charge in [0.15, 0.2) is 5.96 Å². The van der Waals surface area contributed by atoms with E-state index in [1.165, 1.54) is 5.56 Å². The fourth-order valence-electron chi connectivity index (χ4n) is 3.84. The van der Waals surface area contributed by atoms with Gasteiger partial charge in [0.2, 0.25) is 0 Å². The van der Waals surface area contributed by atoms with Crippen molar-refractivity contribution in [2.24, 2.45) is 4.99 Å². The van der Waals surface area contributed by atoms with Crippen LogP contribution in [0.2, 0.25) is 0 Å². The molecule has 5 nitrogen and oxygen atoms in total. The number of guanidine groups is 1. The monoisotopic (exact) mass is 345 g/mol. The van der Waals surface area contributed by atoms with Gasteiger partial charge in [-0.05, 0) is 38.2 Å². The van der Waals surface area contributed by atoms with Crippen LogP contribution in [0.15, 0.2) is 35.3 Å². The van der Waals surface area contributed by atoms with Crippen molar-refractivity contribution in [3.8, 4) is 0 Å². The molecule has 1 atom stereocenters. The van der Waals surface area contributed by atoms with Crippen molar-refractivity contribution in [2.45, 2.75) is 43.6 Å². The van der Waals surface area contributed by atoms with E-state index >= 15 is 0 Å². The number of hydrogen-bond donors (Lipinski definition) is 2. The molecule has 3 rings (SSSR count). The Labute approximate surface area is 151 Å². The first-order valence-corrected chi connectivity index (χ1v) is 9.38. The summed E-state index contributed by atoms with van der Waals surface area (Å²) >= 11 is 0. The SMILES string of the molecule is CN=C(NCC1(C)CCCO1)NCC1(c2ccccc2)CCOCC1. The Bertz CT molecular complexity index is 562. The van der Waals surface area contributed by atoms with E-state index in [9.17, 15) is 0 Å². The lowest BCUT2D eigenvalue weighted by Crippen LogP contribution is -2.50. The molecule has 1 unspecified atom stereocenters. The van der Waals surface area contributed by atoms with Gasteiger partial charge in [-0.2, -0.15) is 0 Å². The first-order valence-electron chi connectivity index (χ1n) is 9.38. The molecule has 0 saturated carbocycles. The minimum Gasteiger partial charge on any atom is -0.381 e. The predicted molar refractivity (Wildman–Crippen MR) is 101 cm³/mol. The van der Waals surface area contributed by atoms with Gasteiger partial charge in [-0.3, -0.25) is 4.99 Å². The van der Waals surface area contributed by atoms with Crippen LogP contribution in [0, 0.1) is 0 Å². The molecule has 1 aromatic rings. The summed E-state index contributed by atoms with van der Waals surface area (Å²) in [6, 6.07) is 10.8. The van der Waals surface area contributed by atoms with E-state index in [0.29, 0.717) is 0 Å². The first kappa shape index (κ1) is 18.2. The van der Waals surface area contributed by atoms with E-state index in [0.717, 1.165) is 64.6 Å². The summed E-state index contributed by atoms with van der Waals surface area (Å²) in [5, 5.41) is 6.99. The van der Waals surface area contributed by atoms with Crippen LogP contribution in [-0.4, -0.2) is 51.5 Å². The molecule has 2 saturated heterocycles. The first-order chi connectivity index (χ1) is 12.2. The van der Waals surface area contributed by atoms with Crippen molar-refractivity contribution in [1.29, 1.82) is 0 Å². The van der Waals surface area contributed by atoms with Crippen LogP contribution in [0.4, 0.5) is 0 Å². The van der Waals surface area contributed by atoms with Crippen LogP contribution in [-0.2, 0) is 14.9 Å². The van der Waals surface area contributed by atoms with Crippen LogP contribution < -0.4 is 10.6 Å². The third-order valence-corrected chi connectivity index (χ3v) is 5.58. The summed E-state index contributed by atoms with van der Waals surface area (Å²) in [6.45, 7) is 6.31. The van der Waals surface area contributed by atoms with Crippen LogP contribution in [0.5, 0.6) is 0 Å². The molecular formula is C20H31N3O2. The summed E-state index contributed by atoms with van der Waals surface area (Å²) in [5.41, 5.74) is 1.41. The Balaban J connectivity index is 1.61. The third kappa shape index (κ3) is 4.53. The summed E-state index contributed by atoms with van der Waals surface area (Å²) in [6.07, 6.45) is 4.30. The van der Waals surface area contributed by atoms with Gasteiger partial charge in [0.05, 0.1) is 5.60 Å². The highest BCUT2D eigenvalue weighted by Gasteiger charge is 2.35. The molecule has 138 valence electrons. The minimum atomic E-state index is -0.0760. The lowest BCUT2D eigenvalue weighted by Gasteiger charge is -2.38. The lowest BCUT2D eigenvalue weighted by molar-refractivity contribution is 0.0242. The normalized spacial score (nSPS) is 26.4. The predicted octanol–water partition coefficient (Wildman–Crippen LogP) is 2.47. The largest absolute Gasteiger partial charge is 0.381 e. The number of nitrogens with zero attached hydrogens (tertiary/aromatic N) is 1. The smallest absolute Gasteiger partial charge is 0.191 e. The highest BCUT2D eigenvalue weighted by atomic mass is 16.5. The molecule has 0 bridgehead atoms. The Morgan fingerprint density at radius 3 is 2.40 bits per heavy atom. The maximum absolute atomic E-state index is 5.86. The molecule has 5 heteroatoms. The van der Waals surface area contributed by atoms with E-state index in [1.54, 1.807) is 0 Å². The zero-order chi connectivity index (χ0) is 17.6. The standard InChI is InChI=1S/C20H31N3O2/c1-19(9-6-12-25-19)15-22-18(21-2)23-16-20(10-13-24-14-11-20)17-7-4-3-5-8-17/h3-5,7-8H,6,9-16H2,1-2H3,(H2,21,22,23). The van der Waals surface area contributed by atoms with Crippen molar-refractivity contribution in [3.63, 3.8) is 0 Å². The average molecular weight is 345 g/mol. The molecule has 2 aliphatic rings. The summed E-state index contributed by atoms with van der Waals surface area (Å²) in [5.74, 6) is 0.846. The van der Waals surface area contributed by atoms with E-state index in [4.69, 9.17) is 9.47 Å². The van der Waals surface area contributed by atoms with Crippen LogP contribution in [0.1, 0.15) is 38.2 Å². The topological polar surface area (TPSA) is 54.9 Å². The Hall–Kier alpha value is -1.59. The van der Waals surface area contributed by atoms with Crippen LogP contribution in [0.3, 0.4) is 0 Å². The van der Waals surface area contributed by atoms with Gasteiger partial charge in [-0.1, -0.05) is 30.3 Å². The number of hydrogen-bond acceptors (Lipinski definition) is 3. The molecule has 25 heavy (non-hydrogen) atoms. The number of rotatable bonds is 5. The number of ether oxygens (including phenoxy) is 2. The molecule has 0 aromatic heterocycles. The van der Waals surface area contributed by atoms with Crippen molar-refractivity contribution < 1.29 is 9.47 Å². The molecule has 0 amide bonds. The number of benzene rings is 1. The second-order valence-electron chi connectivity index (χ2n) is 7.44. The highest BCUT2D eigenvalue weighted by Crippen LogP contribution is 2.34. The summed E-state index contributed by atoms with van der Waals surface area (Å²) in [4.78, 5) is 4.40. The van der Waals surface area contributed by atoms with Crippen molar-refractivity contribution in [2.75, 3.05) is 40.0 Å². The average Bonchev–Trinajstić information content (AvgIpc) is 3.10. The van der Waals surface area contributed by atoms with Crippen molar-refractivity contribution >= 4 is 5.96 Å². The van der Waals surface area contributed by atoms with Gasteiger partial charge >= 0.3 is 0 Å². The quantitative estimate of drug-likeness (QED) is 0.636. The number of nitrogens with one attached hydrogen (secondary N) is 2. The van der Waals surface area contributed by atoms with Gasteiger partial charge < -0.3 is 20.1 Å². The van der Waals surface area contributed by atoms with Crippen LogP contribution in [0.25, 0.3) is 0 Å². The van der Waals surface area contributed by atoms with Gasteiger partial charge in [0.1, 0.15) is 0 Å². The maximum Gasteiger partial charge on any atom is 0.191 e. The Morgan fingerprint density at radius 2 is 1.76 bits per heavy atom. The molecule has 0 spiro atoms. The zero-order valence-electron chi connectivity index (χ0n) is 15.5. The molecule has 2 N–H and O–H groups in total. The van der Waals surface area contributed by atoms with Gasteiger partial charge in [0.25, 0.3) is 0 Å². The molecule has 0 radical (unpaired) electrons. The molecule has 2 heterocycles. The zero-order valence-corrected chi connectivity index (χ0v) is 15.5. The minimum absolute atomic E-state index is 0.0760. The van der Waals surface area contributed by atoms with Gasteiger partial charge in [-0.25, -0.2) is 0 Å². The summed E-state index contributed by atoms with van der Waals surface area (Å²) < 4.78 is 11.5. The van der Waals surface area contributed by atoms with Crippen molar-refractivity contribution in [1.82, 2.24) is 10.6 Å². The molecule has 2 aliphatic heterocycles. The fourth-order valence-corrected chi connectivity index (χ4v) is 3.84. The van der Waals surface area contributed by atoms with E-state index in [2.05, 4.69) is 52.9 Å². The second-order valence-corrected chi connectivity index (χ2v) is 7.44. The van der Waals surface area contributed by atoms with E-state index < -0.39 is 0 Å². The third-order valence-electron chi connectivity index (χ3n) is 5.58. The van der Waals surface area contributed by atoms with Crippen molar-refractivity contribution in [3.05, 3.63) is 35.9 Å². The van der Waals surface area contributed by atoms with Gasteiger partial charge in [0, 0.05) is 45.4 Å². The van der Waals surface area contributed by atoms with Gasteiger partial charge in [-0.15, -0.1) is 0 Å². The highest BCUT2D eigenvalue weighted by molar-refractivity contribution is 5.79.